The summed E-state index contributed by atoms with van der Waals surface area (Å²) in [5.41, 5.74) is 1.54. The summed E-state index contributed by atoms with van der Waals surface area (Å²) in [7, 11) is 0. The number of halogens is 1. The van der Waals surface area contributed by atoms with Crippen molar-refractivity contribution in [1.82, 2.24) is 4.90 Å². The van der Waals surface area contributed by atoms with Gasteiger partial charge in [-0.15, -0.1) is 0 Å². The van der Waals surface area contributed by atoms with Crippen LogP contribution in [0.4, 0.5) is 5.69 Å². The molecule has 2 aromatic rings. The van der Waals surface area contributed by atoms with Gasteiger partial charge in [-0.25, -0.2) is 0 Å². The topological polar surface area (TPSA) is 49.9 Å². The second-order valence-electron chi connectivity index (χ2n) is 6.94. The Labute approximate surface area is 189 Å². The predicted octanol–water partition coefficient (Wildman–Crippen LogP) is 4.75. The van der Waals surface area contributed by atoms with Crippen LogP contribution >= 0.6 is 35.6 Å². The van der Waals surface area contributed by atoms with E-state index in [0.717, 1.165) is 31.5 Å². The van der Waals surface area contributed by atoms with Crippen LogP contribution in [-0.4, -0.2) is 40.7 Å². The molecule has 0 unspecified atom stereocenters. The van der Waals surface area contributed by atoms with Crippen LogP contribution in [0.15, 0.2) is 53.4 Å². The monoisotopic (exact) mass is 458 g/mol. The van der Waals surface area contributed by atoms with Crippen LogP contribution in [0.3, 0.4) is 0 Å². The average molecular weight is 459 g/mol. The van der Waals surface area contributed by atoms with E-state index in [1.165, 1.54) is 16.7 Å². The van der Waals surface area contributed by atoms with E-state index in [4.69, 9.17) is 28.6 Å². The van der Waals surface area contributed by atoms with Crippen molar-refractivity contribution >= 4 is 63.5 Å². The molecule has 5 nitrogen and oxygen atoms in total. The quantitative estimate of drug-likeness (QED) is 0.478. The van der Waals surface area contributed by atoms with Crippen molar-refractivity contribution in [1.29, 1.82) is 0 Å². The van der Waals surface area contributed by atoms with Gasteiger partial charge >= 0.3 is 0 Å². The largest absolute Gasteiger partial charge is 0.484 e. The van der Waals surface area contributed by atoms with Gasteiger partial charge in [-0.3, -0.25) is 14.5 Å². The molecule has 0 spiro atoms. The Balaban J connectivity index is 1.40. The molecule has 0 aliphatic carbocycles. The molecular formula is C22H19ClN2O3S2. The van der Waals surface area contributed by atoms with Crippen molar-refractivity contribution in [2.24, 2.45) is 0 Å². The summed E-state index contributed by atoms with van der Waals surface area (Å²) in [6, 6.07) is 14.3. The molecule has 2 saturated heterocycles. The van der Waals surface area contributed by atoms with Crippen molar-refractivity contribution in [2.45, 2.75) is 12.8 Å². The number of thiocarbonyl (C=S) groups is 1. The van der Waals surface area contributed by atoms with Crippen molar-refractivity contribution in [3.05, 3.63) is 64.0 Å². The molecule has 2 fully saturated rings. The summed E-state index contributed by atoms with van der Waals surface area (Å²) in [5.74, 6) is 0.472. The van der Waals surface area contributed by atoms with Crippen LogP contribution in [0.25, 0.3) is 6.08 Å². The first-order chi connectivity index (χ1) is 14.5. The number of nitrogens with zero attached hydrogens (tertiary/aromatic N) is 2. The number of benzene rings is 2. The lowest BCUT2D eigenvalue weighted by molar-refractivity contribution is -0.132. The number of thioether (sulfide) groups is 1. The summed E-state index contributed by atoms with van der Waals surface area (Å²) >= 11 is 12.6. The molecule has 2 aliphatic heterocycles. The Morgan fingerprint density at radius 3 is 2.43 bits per heavy atom. The summed E-state index contributed by atoms with van der Waals surface area (Å²) in [5, 5.41) is 0.601. The Kier molecular flexibility index (Phi) is 6.41. The molecule has 2 aromatic carbocycles. The fraction of sp³-hybridized carbons (Fsp3) is 0.227. The number of carbonyl (C=O) groups is 2. The van der Waals surface area contributed by atoms with Gasteiger partial charge in [0.25, 0.3) is 11.8 Å². The van der Waals surface area contributed by atoms with Crippen molar-refractivity contribution in [3.8, 4) is 5.75 Å². The Morgan fingerprint density at radius 2 is 1.77 bits per heavy atom. The number of hydrogen-bond donors (Lipinski definition) is 0. The third kappa shape index (κ3) is 4.69. The lowest BCUT2D eigenvalue weighted by Gasteiger charge is -2.15. The van der Waals surface area contributed by atoms with E-state index in [-0.39, 0.29) is 18.4 Å². The number of amides is 2. The Hall–Kier alpha value is -2.35. The molecule has 0 N–H and O–H groups in total. The lowest BCUT2D eigenvalue weighted by Crippen LogP contribution is -2.32. The fourth-order valence-electron chi connectivity index (χ4n) is 3.30. The van der Waals surface area contributed by atoms with Gasteiger partial charge < -0.3 is 9.64 Å². The van der Waals surface area contributed by atoms with Gasteiger partial charge in [0.05, 0.1) is 10.6 Å². The highest BCUT2D eigenvalue weighted by atomic mass is 35.5. The van der Waals surface area contributed by atoms with Crippen LogP contribution in [0, 0.1) is 0 Å². The van der Waals surface area contributed by atoms with E-state index >= 15 is 0 Å². The van der Waals surface area contributed by atoms with E-state index in [9.17, 15) is 9.59 Å². The van der Waals surface area contributed by atoms with Gasteiger partial charge in [-0.2, -0.15) is 0 Å². The number of ether oxygens (including phenoxy) is 1. The summed E-state index contributed by atoms with van der Waals surface area (Å²) in [6.07, 6.45) is 3.92. The molecule has 0 aromatic heterocycles. The van der Waals surface area contributed by atoms with Crippen LogP contribution in [-0.2, 0) is 9.59 Å². The van der Waals surface area contributed by atoms with Gasteiger partial charge in [0.15, 0.2) is 10.9 Å². The first-order valence-corrected chi connectivity index (χ1v) is 11.2. The standard InChI is InChI=1S/C22H19ClN2O3S2/c23-16-5-7-17(8-6-16)25-21(27)19(30-22(25)29)13-15-3-9-18(10-4-15)28-14-20(26)24-11-1-2-12-24/h3-10,13H,1-2,11-12,14H2/b19-13-. The zero-order chi connectivity index (χ0) is 21.1. The van der Waals surface area contributed by atoms with Gasteiger partial charge in [0, 0.05) is 18.1 Å². The molecule has 2 amide bonds. The number of anilines is 1. The van der Waals surface area contributed by atoms with Gasteiger partial charge in [0.1, 0.15) is 5.75 Å². The molecule has 0 atom stereocenters. The second-order valence-corrected chi connectivity index (χ2v) is 9.05. The third-order valence-corrected chi connectivity index (χ3v) is 6.43. The van der Waals surface area contributed by atoms with Gasteiger partial charge in [0.2, 0.25) is 0 Å². The summed E-state index contributed by atoms with van der Waals surface area (Å²) < 4.78 is 6.08. The SMILES string of the molecule is O=C(COc1ccc(/C=C2\SC(=S)N(c3ccc(Cl)cc3)C2=O)cc1)N1CCCC1. The maximum atomic E-state index is 12.8. The minimum absolute atomic E-state index is 0.0162. The average Bonchev–Trinajstić information content (AvgIpc) is 3.37. The van der Waals surface area contributed by atoms with Crippen LogP contribution in [0.5, 0.6) is 5.75 Å². The molecule has 2 aliphatic rings. The maximum absolute atomic E-state index is 12.8. The molecular weight excluding hydrogens is 440 g/mol. The molecule has 0 saturated carbocycles. The first-order valence-electron chi connectivity index (χ1n) is 9.55. The smallest absolute Gasteiger partial charge is 0.270 e. The van der Waals surface area contributed by atoms with E-state index in [1.54, 1.807) is 42.5 Å². The first kappa shape index (κ1) is 20.9. The fourth-order valence-corrected chi connectivity index (χ4v) is 4.72. The number of hydrogen-bond acceptors (Lipinski definition) is 5. The van der Waals surface area contributed by atoms with E-state index < -0.39 is 0 Å². The minimum atomic E-state index is -0.163. The molecule has 0 bridgehead atoms. The number of rotatable bonds is 5. The molecule has 154 valence electrons. The van der Waals surface area contributed by atoms with Gasteiger partial charge in [-0.05, 0) is 60.9 Å². The van der Waals surface area contributed by atoms with Gasteiger partial charge in [-0.1, -0.05) is 47.7 Å². The minimum Gasteiger partial charge on any atom is -0.484 e. The highest BCUT2D eigenvalue weighted by molar-refractivity contribution is 8.27. The van der Waals surface area contributed by atoms with Crippen molar-refractivity contribution in [3.63, 3.8) is 0 Å². The lowest BCUT2D eigenvalue weighted by atomic mass is 10.2. The second kappa shape index (κ2) is 9.20. The molecule has 0 radical (unpaired) electrons. The zero-order valence-corrected chi connectivity index (χ0v) is 18.4. The summed E-state index contributed by atoms with van der Waals surface area (Å²) in [6.45, 7) is 1.67. The number of carbonyl (C=O) groups excluding carboxylic acids is 2. The van der Waals surface area contributed by atoms with Crippen LogP contribution < -0.4 is 9.64 Å². The molecule has 8 heteroatoms. The van der Waals surface area contributed by atoms with Crippen molar-refractivity contribution < 1.29 is 14.3 Å². The highest BCUT2D eigenvalue weighted by Gasteiger charge is 2.33. The Morgan fingerprint density at radius 1 is 1.10 bits per heavy atom. The predicted molar refractivity (Wildman–Crippen MR) is 125 cm³/mol. The highest BCUT2D eigenvalue weighted by Crippen LogP contribution is 2.36. The van der Waals surface area contributed by atoms with Crippen molar-refractivity contribution in [2.75, 3.05) is 24.6 Å². The number of likely N-dealkylation sites (tertiary alicyclic amines) is 1. The normalized spacial score (nSPS) is 17.8. The van der Waals surface area contributed by atoms with E-state index in [2.05, 4.69) is 0 Å². The molecule has 4 rings (SSSR count). The molecule has 2 heterocycles. The molecule has 30 heavy (non-hydrogen) atoms. The Bertz CT molecular complexity index is 1000. The maximum Gasteiger partial charge on any atom is 0.270 e. The van der Waals surface area contributed by atoms with E-state index in [1.807, 2.05) is 17.0 Å². The van der Waals surface area contributed by atoms with Crippen LogP contribution in [0.2, 0.25) is 5.02 Å². The van der Waals surface area contributed by atoms with E-state index in [0.29, 0.717) is 25.7 Å². The third-order valence-electron chi connectivity index (χ3n) is 4.88. The summed E-state index contributed by atoms with van der Waals surface area (Å²) in [4.78, 5) is 28.8. The zero-order valence-electron chi connectivity index (χ0n) is 16.0. The van der Waals surface area contributed by atoms with Crippen LogP contribution in [0.1, 0.15) is 18.4 Å².